The second-order valence-corrected chi connectivity index (χ2v) is 8.44. The number of rotatable bonds is 5. The highest BCUT2D eigenvalue weighted by Gasteiger charge is 2.31. The van der Waals surface area contributed by atoms with Crippen molar-refractivity contribution in [3.05, 3.63) is 41.7 Å². The Kier molecular flexibility index (Phi) is 6.32. The van der Waals surface area contributed by atoms with Crippen LogP contribution in [0.3, 0.4) is 0 Å². The minimum Gasteiger partial charge on any atom is -0.459 e. The van der Waals surface area contributed by atoms with E-state index >= 15 is 0 Å². The first-order valence-corrected chi connectivity index (χ1v) is 10.3. The number of nitrogens with zero attached hydrogens (tertiary/aromatic N) is 3. The van der Waals surface area contributed by atoms with Crippen LogP contribution in [0.25, 0.3) is 0 Å². The summed E-state index contributed by atoms with van der Waals surface area (Å²) in [5.41, 5.74) is 0.436. The number of carbonyl (C=O) groups excluding carboxylic acids is 1. The molecule has 1 fully saturated rings. The van der Waals surface area contributed by atoms with E-state index < -0.39 is 16.1 Å². The number of amides is 1. The van der Waals surface area contributed by atoms with Crippen LogP contribution in [-0.4, -0.2) is 55.1 Å². The Morgan fingerprint density at radius 2 is 1.93 bits per heavy atom. The summed E-state index contributed by atoms with van der Waals surface area (Å²) in [5, 5.41) is 2.87. The van der Waals surface area contributed by atoms with E-state index in [1.165, 1.54) is 48.1 Å². The average Bonchev–Trinajstić information content (AvgIpc) is 2.70. The van der Waals surface area contributed by atoms with Crippen molar-refractivity contribution in [2.45, 2.75) is 23.8 Å². The summed E-state index contributed by atoms with van der Waals surface area (Å²) in [5.74, 6) is 0. The van der Waals surface area contributed by atoms with Gasteiger partial charge in [0.2, 0.25) is 10.0 Å². The average molecular weight is 427 g/mol. The number of piperidine rings is 1. The van der Waals surface area contributed by atoms with E-state index in [9.17, 15) is 13.2 Å². The molecule has 1 atom stereocenters. The molecule has 28 heavy (non-hydrogen) atoms. The summed E-state index contributed by atoms with van der Waals surface area (Å²) < 4.78 is 37.4. The molecule has 1 aliphatic heterocycles. The van der Waals surface area contributed by atoms with Gasteiger partial charge in [0.15, 0.2) is 0 Å². The second-order valence-electron chi connectivity index (χ2n) is 6.07. The van der Waals surface area contributed by atoms with Gasteiger partial charge in [0.1, 0.15) is 6.10 Å². The lowest BCUT2D eigenvalue weighted by atomic mass is 10.1. The van der Waals surface area contributed by atoms with Gasteiger partial charge >= 0.3 is 12.1 Å². The molecular weight excluding hydrogens is 408 g/mol. The minimum atomic E-state index is -3.70. The molecule has 0 saturated carbocycles. The van der Waals surface area contributed by atoms with Gasteiger partial charge in [-0.25, -0.2) is 23.2 Å². The highest BCUT2D eigenvalue weighted by molar-refractivity contribution is 7.89. The summed E-state index contributed by atoms with van der Waals surface area (Å²) in [6.45, 7) is 0.586. The van der Waals surface area contributed by atoms with Crippen LogP contribution in [0.5, 0.6) is 6.01 Å². The fourth-order valence-electron chi connectivity index (χ4n) is 2.76. The maximum Gasteiger partial charge on any atom is 0.411 e. The van der Waals surface area contributed by atoms with Crippen molar-refractivity contribution < 1.29 is 22.7 Å². The van der Waals surface area contributed by atoms with Crippen molar-refractivity contribution >= 4 is 33.4 Å². The first-order valence-electron chi connectivity index (χ1n) is 8.48. The summed E-state index contributed by atoms with van der Waals surface area (Å²) >= 11 is 5.75. The molecule has 1 unspecified atom stereocenters. The number of anilines is 1. The Bertz CT molecular complexity index is 922. The van der Waals surface area contributed by atoms with Crippen molar-refractivity contribution in [1.29, 1.82) is 0 Å². The number of benzene rings is 1. The number of aromatic nitrogens is 2. The van der Waals surface area contributed by atoms with Crippen LogP contribution >= 0.6 is 11.6 Å². The predicted molar refractivity (Wildman–Crippen MR) is 102 cm³/mol. The van der Waals surface area contributed by atoms with Crippen LogP contribution in [0.15, 0.2) is 41.6 Å². The van der Waals surface area contributed by atoms with Crippen molar-refractivity contribution in [2.24, 2.45) is 0 Å². The molecule has 2 heterocycles. The molecule has 0 aliphatic carbocycles. The summed E-state index contributed by atoms with van der Waals surface area (Å²) in [7, 11) is -2.45. The van der Waals surface area contributed by atoms with Crippen LogP contribution in [0.2, 0.25) is 5.02 Å². The van der Waals surface area contributed by atoms with Crippen LogP contribution < -0.4 is 10.1 Å². The quantitative estimate of drug-likeness (QED) is 0.781. The fraction of sp³-hybridized carbons (Fsp3) is 0.353. The monoisotopic (exact) mass is 426 g/mol. The van der Waals surface area contributed by atoms with Gasteiger partial charge in [0, 0.05) is 12.2 Å². The standard InChI is InChI=1S/C17H19ClN4O5S/c1-26-17(23)21-13-4-6-15(7-5-13)28(24,25)22-8-2-3-14(11-22)27-16-19-9-12(18)10-20-16/h4-7,9-10,14H,2-3,8,11H2,1H3,(H,21,23). The Morgan fingerprint density at radius 3 is 2.57 bits per heavy atom. The Balaban J connectivity index is 1.68. The topological polar surface area (TPSA) is 111 Å². The lowest BCUT2D eigenvalue weighted by Crippen LogP contribution is -2.44. The van der Waals surface area contributed by atoms with Crippen LogP contribution in [0.1, 0.15) is 12.8 Å². The van der Waals surface area contributed by atoms with Gasteiger partial charge in [-0.05, 0) is 37.1 Å². The molecule has 0 bridgehead atoms. The Morgan fingerprint density at radius 1 is 1.25 bits per heavy atom. The zero-order valence-corrected chi connectivity index (χ0v) is 16.6. The largest absolute Gasteiger partial charge is 0.459 e. The van der Waals surface area contributed by atoms with Crippen LogP contribution in [-0.2, 0) is 14.8 Å². The molecule has 9 nitrogen and oxygen atoms in total. The highest BCUT2D eigenvalue weighted by Crippen LogP contribution is 2.24. The number of hydrogen-bond acceptors (Lipinski definition) is 7. The van der Waals surface area contributed by atoms with Crippen LogP contribution in [0, 0.1) is 0 Å². The number of halogens is 1. The van der Waals surface area contributed by atoms with Gasteiger partial charge in [0.25, 0.3) is 0 Å². The second kappa shape index (κ2) is 8.72. The van der Waals surface area contributed by atoms with Crippen molar-refractivity contribution in [3.8, 4) is 6.01 Å². The van der Waals surface area contributed by atoms with Gasteiger partial charge in [0.05, 0.1) is 36.0 Å². The third-order valence-electron chi connectivity index (χ3n) is 4.13. The molecule has 3 rings (SSSR count). The maximum absolute atomic E-state index is 12.9. The molecule has 1 aliphatic rings. The number of hydrogen-bond donors (Lipinski definition) is 1. The van der Waals surface area contributed by atoms with E-state index in [-0.39, 0.29) is 23.6 Å². The maximum atomic E-state index is 12.9. The SMILES string of the molecule is COC(=O)Nc1ccc(S(=O)(=O)N2CCCC(Oc3ncc(Cl)cn3)C2)cc1. The molecule has 1 amide bonds. The van der Waals surface area contributed by atoms with Gasteiger partial charge in [-0.3, -0.25) is 5.32 Å². The first kappa shape index (κ1) is 20.3. The normalized spacial score (nSPS) is 17.7. The highest BCUT2D eigenvalue weighted by atomic mass is 35.5. The zero-order valence-electron chi connectivity index (χ0n) is 15.0. The summed E-state index contributed by atoms with van der Waals surface area (Å²) in [6.07, 6.45) is 3.21. The summed E-state index contributed by atoms with van der Waals surface area (Å²) in [6, 6.07) is 6.04. The van der Waals surface area contributed by atoms with E-state index in [4.69, 9.17) is 16.3 Å². The molecule has 1 aromatic heterocycles. The number of nitrogens with one attached hydrogen (secondary N) is 1. The van der Waals surface area contributed by atoms with Crippen LogP contribution in [0.4, 0.5) is 10.5 Å². The molecule has 11 heteroatoms. The summed E-state index contributed by atoms with van der Waals surface area (Å²) in [4.78, 5) is 19.3. The minimum absolute atomic E-state index is 0.131. The van der Waals surface area contributed by atoms with Crippen molar-refractivity contribution in [3.63, 3.8) is 0 Å². The number of ether oxygens (including phenoxy) is 2. The molecule has 1 aromatic carbocycles. The van der Waals surface area contributed by atoms with E-state index in [1.54, 1.807) is 0 Å². The number of carbonyl (C=O) groups is 1. The lowest BCUT2D eigenvalue weighted by molar-refractivity contribution is 0.119. The molecular formula is C17H19ClN4O5S. The number of methoxy groups -OCH3 is 1. The molecule has 150 valence electrons. The molecule has 2 aromatic rings. The fourth-order valence-corrected chi connectivity index (χ4v) is 4.37. The van der Waals surface area contributed by atoms with E-state index in [0.717, 1.165) is 0 Å². The van der Waals surface area contributed by atoms with Gasteiger partial charge in [-0.1, -0.05) is 11.6 Å². The van der Waals surface area contributed by atoms with Crippen molar-refractivity contribution in [2.75, 3.05) is 25.5 Å². The zero-order chi connectivity index (χ0) is 20.1. The molecule has 1 N–H and O–H groups in total. The third kappa shape index (κ3) is 4.89. The Hall–Kier alpha value is -2.43. The first-order chi connectivity index (χ1) is 13.4. The Labute approximate surface area is 167 Å². The smallest absolute Gasteiger partial charge is 0.411 e. The molecule has 0 radical (unpaired) electrons. The van der Waals surface area contributed by atoms with Gasteiger partial charge in [-0.2, -0.15) is 4.31 Å². The van der Waals surface area contributed by atoms with Crippen molar-refractivity contribution in [1.82, 2.24) is 14.3 Å². The molecule has 0 spiro atoms. The number of sulfonamides is 1. The van der Waals surface area contributed by atoms with Gasteiger partial charge < -0.3 is 9.47 Å². The molecule has 1 saturated heterocycles. The lowest BCUT2D eigenvalue weighted by Gasteiger charge is -2.31. The van der Waals surface area contributed by atoms with Gasteiger partial charge in [-0.15, -0.1) is 0 Å². The van der Waals surface area contributed by atoms with E-state index in [2.05, 4.69) is 20.0 Å². The predicted octanol–water partition coefficient (Wildman–Crippen LogP) is 2.54. The van der Waals surface area contributed by atoms with E-state index in [0.29, 0.717) is 30.1 Å². The van der Waals surface area contributed by atoms with E-state index in [1.807, 2.05) is 0 Å². The third-order valence-corrected chi connectivity index (χ3v) is 6.21.